The number of halogens is 1. The summed E-state index contributed by atoms with van der Waals surface area (Å²) in [5, 5.41) is 0. The van der Waals surface area contributed by atoms with Crippen LogP contribution in [0.15, 0.2) is 84.9 Å². The summed E-state index contributed by atoms with van der Waals surface area (Å²) in [4.78, 5) is 0. The van der Waals surface area contributed by atoms with E-state index in [4.69, 9.17) is 11.6 Å². The van der Waals surface area contributed by atoms with Crippen molar-refractivity contribution in [3.63, 3.8) is 0 Å². The summed E-state index contributed by atoms with van der Waals surface area (Å²) in [5.74, 6) is 3.14. The lowest BCUT2D eigenvalue weighted by Crippen LogP contribution is -2.05. The van der Waals surface area contributed by atoms with Crippen molar-refractivity contribution in [1.82, 2.24) is 0 Å². The Morgan fingerprint density at radius 1 is 0.452 bits per heavy atom. The first-order chi connectivity index (χ1) is 20.4. The average Bonchev–Trinajstić information content (AvgIpc) is 3.06. The molecule has 0 radical (unpaired) electrons. The van der Waals surface area contributed by atoms with Crippen LogP contribution in [0.25, 0.3) is 0 Å². The molecule has 0 aliphatic rings. The highest BCUT2D eigenvalue weighted by Gasteiger charge is 2.17. The number of rotatable bonds is 10. The van der Waals surface area contributed by atoms with Crippen LogP contribution in [0.3, 0.4) is 0 Å². The smallest absolute Gasteiger partial charge is 0.0195 e. The third-order valence-electron chi connectivity index (χ3n) is 6.88. The highest BCUT2D eigenvalue weighted by atomic mass is 35.5. The quantitative estimate of drug-likeness (QED) is 0.204. The number of benzene rings is 3. The largest absolute Gasteiger partial charge is 0.127 e. The average molecular weight is 597 g/mol. The highest BCUT2D eigenvalue weighted by molar-refractivity contribution is 6.17. The summed E-state index contributed by atoms with van der Waals surface area (Å²) in [5.41, 5.74) is 5.89. The first kappa shape index (κ1) is 44.4. The fourth-order valence-electron chi connectivity index (χ4n) is 4.81. The molecule has 1 heteroatoms. The SMILES string of the molecule is CC.CC.CC.CCC.CCC(CC(C)c1ccc(C(C)CC(CC)c2ccccc2)cc1)c1ccccc1.CCCl. The van der Waals surface area contributed by atoms with Gasteiger partial charge in [0.05, 0.1) is 0 Å². The normalized spacial score (nSPS) is 12.2. The molecular formula is C41H69Cl. The minimum atomic E-state index is 0.576. The topological polar surface area (TPSA) is 0 Å². The van der Waals surface area contributed by atoms with Gasteiger partial charge in [0.15, 0.2) is 0 Å². The van der Waals surface area contributed by atoms with Crippen LogP contribution < -0.4 is 0 Å². The van der Waals surface area contributed by atoms with Crippen LogP contribution in [0.1, 0.15) is 168 Å². The molecule has 0 N–H and O–H groups in total. The van der Waals surface area contributed by atoms with Crippen LogP contribution in [0, 0.1) is 0 Å². The van der Waals surface area contributed by atoms with E-state index in [-0.39, 0.29) is 0 Å². The predicted molar refractivity (Wildman–Crippen MR) is 198 cm³/mol. The molecule has 42 heavy (non-hydrogen) atoms. The zero-order chi connectivity index (χ0) is 32.8. The van der Waals surface area contributed by atoms with Crippen molar-refractivity contribution in [3.05, 3.63) is 107 Å². The second-order valence-electron chi connectivity index (χ2n) is 9.95. The fourth-order valence-corrected chi connectivity index (χ4v) is 4.81. The Bertz CT molecular complexity index is 809. The molecule has 0 fully saturated rings. The minimum Gasteiger partial charge on any atom is -0.127 e. The van der Waals surface area contributed by atoms with Gasteiger partial charge in [-0.2, -0.15) is 0 Å². The molecule has 0 aromatic heterocycles. The first-order valence-corrected chi connectivity index (χ1v) is 17.7. The predicted octanol–water partition coefficient (Wildman–Crippen LogP) is 14.8. The van der Waals surface area contributed by atoms with E-state index in [0.29, 0.717) is 23.7 Å². The van der Waals surface area contributed by atoms with Gasteiger partial charge >= 0.3 is 0 Å². The van der Waals surface area contributed by atoms with Crippen LogP contribution in [-0.2, 0) is 0 Å². The van der Waals surface area contributed by atoms with Crippen molar-refractivity contribution in [3.8, 4) is 0 Å². The molecule has 4 atom stereocenters. The molecule has 0 saturated carbocycles. The Morgan fingerprint density at radius 2 is 0.690 bits per heavy atom. The second kappa shape index (κ2) is 31.9. The van der Waals surface area contributed by atoms with E-state index in [1.165, 1.54) is 54.4 Å². The zero-order valence-electron chi connectivity index (χ0n) is 30.0. The minimum absolute atomic E-state index is 0.576. The summed E-state index contributed by atoms with van der Waals surface area (Å²) in [6, 6.07) is 31.5. The lowest BCUT2D eigenvalue weighted by molar-refractivity contribution is 0.540. The summed E-state index contributed by atoms with van der Waals surface area (Å²) in [7, 11) is 0. The van der Waals surface area contributed by atoms with Gasteiger partial charge < -0.3 is 0 Å². The summed E-state index contributed by atoms with van der Waals surface area (Å²) in [6.45, 7) is 27.5. The Morgan fingerprint density at radius 3 is 0.905 bits per heavy atom. The molecule has 0 bridgehead atoms. The van der Waals surface area contributed by atoms with E-state index in [0.717, 1.165) is 5.88 Å². The maximum Gasteiger partial charge on any atom is 0.0195 e. The maximum absolute atomic E-state index is 5.00. The van der Waals surface area contributed by atoms with Crippen molar-refractivity contribution in [2.45, 2.75) is 146 Å². The van der Waals surface area contributed by atoms with E-state index in [2.05, 4.69) is 126 Å². The Hall–Kier alpha value is -2.05. The Labute approximate surface area is 269 Å². The number of hydrogen-bond donors (Lipinski definition) is 0. The molecule has 3 rings (SSSR count). The van der Waals surface area contributed by atoms with Crippen LogP contribution in [0.2, 0.25) is 0 Å². The van der Waals surface area contributed by atoms with E-state index < -0.39 is 0 Å². The lowest BCUT2D eigenvalue weighted by atomic mass is 9.82. The van der Waals surface area contributed by atoms with Gasteiger partial charge in [-0.15, -0.1) is 11.6 Å². The van der Waals surface area contributed by atoms with E-state index in [1.54, 1.807) is 0 Å². The Kier molecular flexibility index (Phi) is 33.7. The van der Waals surface area contributed by atoms with Gasteiger partial charge in [0.25, 0.3) is 0 Å². The van der Waals surface area contributed by atoms with Crippen molar-refractivity contribution >= 4 is 11.6 Å². The van der Waals surface area contributed by atoms with Gasteiger partial charge in [-0.05, 0) is 71.6 Å². The summed E-state index contributed by atoms with van der Waals surface area (Å²) in [6.07, 6.45) is 6.06. The van der Waals surface area contributed by atoms with E-state index >= 15 is 0 Å². The third-order valence-corrected chi connectivity index (χ3v) is 6.88. The molecule has 3 aromatic rings. The molecule has 4 unspecified atom stereocenters. The zero-order valence-corrected chi connectivity index (χ0v) is 30.8. The van der Waals surface area contributed by atoms with Gasteiger partial charge in [-0.1, -0.05) is 181 Å². The molecular weight excluding hydrogens is 528 g/mol. The fraction of sp³-hybridized carbons (Fsp3) is 0.561. The van der Waals surface area contributed by atoms with Crippen molar-refractivity contribution in [1.29, 1.82) is 0 Å². The molecule has 0 amide bonds. The summed E-state index contributed by atoms with van der Waals surface area (Å²) >= 11 is 5.00. The number of hydrogen-bond acceptors (Lipinski definition) is 0. The molecule has 0 nitrogen and oxygen atoms in total. The van der Waals surface area contributed by atoms with Gasteiger partial charge in [0.2, 0.25) is 0 Å². The molecule has 3 aromatic carbocycles. The monoisotopic (exact) mass is 597 g/mol. The van der Waals surface area contributed by atoms with E-state index in [9.17, 15) is 0 Å². The molecule has 0 aliphatic heterocycles. The Balaban J connectivity index is -0.00000111. The maximum atomic E-state index is 5.00. The van der Waals surface area contributed by atoms with Crippen LogP contribution in [-0.4, -0.2) is 5.88 Å². The standard InChI is InChI=1S/C30H38.C3H8.C2H5Cl.3C2H6/c1-5-25(29-13-9-7-10-14-29)21-23(3)27-17-19-28(20-18-27)24(4)22-26(6-2)30-15-11-8-12-16-30;1-3-2;1-2-3;3*1-2/h7-20,23-26H,5-6,21-22H2,1-4H3;3H2,1-2H3;2H2,1H3;3*1-2H3. The van der Waals surface area contributed by atoms with E-state index in [1.807, 2.05) is 48.5 Å². The number of alkyl halides is 1. The second-order valence-corrected chi connectivity index (χ2v) is 10.5. The molecule has 240 valence electrons. The third kappa shape index (κ3) is 19.2. The summed E-state index contributed by atoms with van der Waals surface area (Å²) < 4.78 is 0. The van der Waals surface area contributed by atoms with Crippen molar-refractivity contribution in [2.75, 3.05) is 5.88 Å². The lowest BCUT2D eigenvalue weighted by Gasteiger charge is -2.23. The van der Waals surface area contributed by atoms with Gasteiger partial charge in [-0.3, -0.25) is 0 Å². The van der Waals surface area contributed by atoms with Crippen LogP contribution in [0.4, 0.5) is 0 Å². The molecule has 0 aliphatic carbocycles. The van der Waals surface area contributed by atoms with Crippen LogP contribution >= 0.6 is 11.6 Å². The van der Waals surface area contributed by atoms with Crippen LogP contribution in [0.5, 0.6) is 0 Å². The van der Waals surface area contributed by atoms with Gasteiger partial charge in [0, 0.05) is 5.88 Å². The molecule has 0 heterocycles. The highest BCUT2D eigenvalue weighted by Crippen LogP contribution is 2.34. The molecule has 0 spiro atoms. The van der Waals surface area contributed by atoms with Crippen molar-refractivity contribution in [2.24, 2.45) is 0 Å². The van der Waals surface area contributed by atoms with Gasteiger partial charge in [0.1, 0.15) is 0 Å². The van der Waals surface area contributed by atoms with Gasteiger partial charge in [-0.25, -0.2) is 0 Å². The molecule has 0 saturated heterocycles. The van der Waals surface area contributed by atoms with Crippen molar-refractivity contribution < 1.29 is 0 Å². The first-order valence-electron chi connectivity index (χ1n) is 17.2.